The number of benzene rings is 1. The molecule has 0 aliphatic carbocycles. The lowest BCUT2D eigenvalue weighted by Gasteiger charge is -2.34. The number of terminal acetylenes is 1. The standard InChI is InChI=1S/C32H38Cl3N5O6/c1-6-8-25(27(42)37-19(2)28(43)40-14-7-9-26(39-40)29(44)46-18-32(33,34)35)38-30(45)31(4,5)13-12-24-16-23-15-21(20(3)41)10-11-22(23)17-36-24/h1,10-13,15-17,19-20,25-26,39,41H,7-9,14,18H2,2-5H3,(H,37,42)(H,38,45)/b13-12+/t19-,20+,25-,26-/m0/s1. The van der Waals surface area contributed by atoms with Crippen molar-refractivity contribution in [3.63, 3.8) is 0 Å². The third kappa shape index (κ3) is 10.6. The molecule has 4 atom stereocenters. The number of hydrogen-bond donors (Lipinski definition) is 4. The number of carbonyl (C=O) groups is 4. The van der Waals surface area contributed by atoms with E-state index in [1.54, 1.807) is 39.1 Å². The number of halogens is 3. The van der Waals surface area contributed by atoms with Crippen LogP contribution in [0, 0.1) is 17.8 Å². The molecule has 0 radical (unpaired) electrons. The van der Waals surface area contributed by atoms with Crippen LogP contribution in [0.4, 0.5) is 0 Å². The molecular formula is C32H38Cl3N5O6. The third-order valence-electron chi connectivity index (χ3n) is 7.29. The average molecular weight is 695 g/mol. The number of hydrazine groups is 1. The van der Waals surface area contributed by atoms with Crippen LogP contribution in [0.2, 0.25) is 0 Å². The number of fused-ring (bicyclic) bond motifs is 1. The van der Waals surface area contributed by atoms with Gasteiger partial charge < -0.3 is 20.5 Å². The quantitative estimate of drug-likeness (QED) is 0.158. The monoisotopic (exact) mass is 693 g/mol. The van der Waals surface area contributed by atoms with Gasteiger partial charge in [0.25, 0.3) is 5.91 Å². The first-order chi connectivity index (χ1) is 21.5. The van der Waals surface area contributed by atoms with Crippen molar-refractivity contribution in [1.29, 1.82) is 0 Å². The van der Waals surface area contributed by atoms with Crippen LogP contribution < -0.4 is 16.1 Å². The molecule has 1 fully saturated rings. The molecule has 2 aromatic rings. The Morgan fingerprint density at radius 1 is 1.20 bits per heavy atom. The van der Waals surface area contributed by atoms with Gasteiger partial charge in [-0.2, -0.15) is 0 Å². The molecule has 11 nitrogen and oxygen atoms in total. The molecule has 3 rings (SSSR count). The maximum Gasteiger partial charge on any atom is 0.325 e. The highest BCUT2D eigenvalue weighted by molar-refractivity contribution is 6.67. The largest absolute Gasteiger partial charge is 0.460 e. The van der Waals surface area contributed by atoms with Crippen molar-refractivity contribution >= 4 is 75.3 Å². The van der Waals surface area contributed by atoms with E-state index in [9.17, 15) is 24.3 Å². The number of ether oxygens (including phenoxy) is 1. The SMILES string of the molecule is C#CC[C@H](NC(=O)C(C)(C)/C=C/c1cc2cc([C@@H](C)O)ccc2cn1)C(=O)N[C@@H](C)C(=O)N1CCC[C@@H](C(=O)OCC(Cl)(Cl)Cl)N1. The molecular weight excluding hydrogens is 657 g/mol. The van der Waals surface area contributed by atoms with Gasteiger partial charge in [0.1, 0.15) is 24.7 Å². The molecule has 1 aromatic carbocycles. The summed E-state index contributed by atoms with van der Waals surface area (Å²) in [4.78, 5) is 56.3. The Morgan fingerprint density at radius 3 is 2.57 bits per heavy atom. The van der Waals surface area contributed by atoms with Crippen LogP contribution in [0.25, 0.3) is 16.8 Å². The second-order valence-electron chi connectivity index (χ2n) is 11.6. The van der Waals surface area contributed by atoms with Crippen molar-refractivity contribution in [1.82, 2.24) is 26.1 Å². The van der Waals surface area contributed by atoms with Crippen LogP contribution in [0.5, 0.6) is 0 Å². The zero-order chi connectivity index (χ0) is 34.2. The Hall–Kier alpha value is -3.40. The summed E-state index contributed by atoms with van der Waals surface area (Å²) in [6.07, 6.45) is 10.7. The maximum absolute atomic E-state index is 13.3. The van der Waals surface area contributed by atoms with Crippen molar-refractivity contribution in [3.05, 3.63) is 47.8 Å². The first-order valence-corrected chi connectivity index (χ1v) is 15.8. The van der Waals surface area contributed by atoms with Gasteiger partial charge >= 0.3 is 5.97 Å². The maximum atomic E-state index is 13.3. The highest BCUT2D eigenvalue weighted by atomic mass is 35.6. The summed E-state index contributed by atoms with van der Waals surface area (Å²) in [5.74, 6) is 0.0828. The molecule has 46 heavy (non-hydrogen) atoms. The Kier molecular flexibility index (Phi) is 12.8. The van der Waals surface area contributed by atoms with Gasteiger partial charge in [-0.1, -0.05) is 53.0 Å². The predicted octanol–water partition coefficient (Wildman–Crippen LogP) is 3.75. The Labute approximate surface area is 283 Å². The van der Waals surface area contributed by atoms with Crippen LogP contribution in [0.15, 0.2) is 36.5 Å². The third-order valence-corrected chi connectivity index (χ3v) is 7.62. The van der Waals surface area contributed by atoms with E-state index in [1.807, 2.05) is 24.3 Å². The highest BCUT2D eigenvalue weighted by Gasteiger charge is 2.34. The predicted molar refractivity (Wildman–Crippen MR) is 177 cm³/mol. The van der Waals surface area contributed by atoms with E-state index < -0.39 is 63.7 Å². The van der Waals surface area contributed by atoms with Crippen molar-refractivity contribution in [2.45, 2.75) is 75.0 Å². The van der Waals surface area contributed by atoms with E-state index in [2.05, 4.69) is 27.0 Å². The molecule has 2 heterocycles. The molecule has 4 N–H and O–H groups in total. The summed E-state index contributed by atoms with van der Waals surface area (Å²) in [6, 6.07) is 4.48. The summed E-state index contributed by atoms with van der Waals surface area (Å²) in [6.45, 7) is 6.37. The van der Waals surface area contributed by atoms with Crippen LogP contribution in [0.3, 0.4) is 0 Å². The van der Waals surface area contributed by atoms with E-state index in [-0.39, 0.29) is 13.0 Å². The van der Waals surface area contributed by atoms with Crippen molar-refractivity contribution in [2.75, 3.05) is 13.2 Å². The number of aliphatic hydroxyl groups excluding tert-OH is 1. The molecule has 0 bridgehead atoms. The second kappa shape index (κ2) is 15.9. The number of pyridine rings is 1. The zero-order valence-electron chi connectivity index (χ0n) is 26.0. The first kappa shape index (κ1) is 37.1. The number of aromatic nitrogens is 1. The Balaban J connectivity index is 1.61. The van der Waals surface area contributed by atoms with Gasteiger partial charge in [-0.3, -0.25) is 29.2 Å². The van der Waals surface area contributed by atoms with E-state index in [4.69, 9.17) is 46.0 Å². The van der Waals surface area contributed by atoms with Crippen LogP contribution in [-0.4, -0.2) is 73.9 Å². The lowest BCUT2D eigenvalue weighted by molar-refractivity contribution is -0.152. The fourth-order valence-electron chi connectivity index (χ4n) is 4.55. The molecule has 14 heteroatoms. The molecule has 248 valence electrons. The van der Waals surface area contributed by atoms with Crippen molar-refractivity contribution < 1.29 is 29.0 Å². The molecule has 1 aromatic heterocycles. The smallest absolute Gasteiger partial charge is 0.325 e. The highest BCUT2D eigenvalue weighted by Crippen LogP contribution is 2.26. The molecule has 1 saturated heterocycles. The minimum atomic E-state index is -1.77. The summed E-state index contributed by atoms with van der Waals surface area (Å²) in [7, 11) is 0. The van der Waals surface area contributed by atoms with Gasteiger partial charge in [-0.25, -0.2) is 5.43 Å². The minimum Gasteiger partial charge on any atom is -0.460 e. The number of aliphatic hydroxyl groups is 1. The van der Waals surface area contributed by atoms with Crippen LogP contribution in [-0.2, 0) is 23.9 Å². The van der Waals surface area contributed by atoms with Gasteiger partial charge in [0.15, 0.2) is 0 Å². The van der Waals surface area contributed by atoms with Gasteiger partial charge in [-0.15, -0.1) is 12.3 Å². The molecule has 3 amide bonds. The van der Waals surface area contributed by atoms with E-state index >= 15 is 0 Å². The van der Waals surface area contributed by atoms with Gasteiger partial charge in [-0.05, 0) is 69.7 Å². The number of nitrogens with zero attached hydrogens (tertiary/aromatic N) is 2. The zero-order valence-corrected chi connectivity index (χ0v) is 28.2. The van der Waals surface area contributed by atoms with Gasteiger partial charge in [0.05, 0.1) is 17.2 Å². The number of nitrogens with one attached hydrogen (secondary N) is 3. The average Bonchev–Trinajstić information content (AvgIpc) is 3.01. The molecule has 0 spiro atoms. The van der Waals surface area contributed by atoms with E-state index in [1.165, 1.54) is 11.9 Å². The van der Waals surface area contributed by atoms with Gasteiger partial charge in [0, 0.05) is 24.5 Å². The topological polar surface area (TPSA) is 150 Å². The fraction of sp³-hybridized carbons (Fsp3) is 0.469. The van der Waals surface area contributed by atoms with Gasteiger partial charge in [0.2, 0.25) is 15.6 Å². The van der Waals surface area contributed by atoms with Crippen molar-refractivity contribution in [2.24, 2.45) is 5.41 Å². The first-order valence-electron chi connectivity index (χ1n) is 14.6. The lowest BCUT2D eigenvalue weighted by atomic mass is 9.90. The van der Waals surface area contributed by atoms with E-state index in [0.717, 1.165) is 16.3 Å². The van der Waals surface area contributed by atoms with Crippen LogP contribution in [0.1, 0.15) is 64.3 Å². The summed E-state index contributed by atoms with van der Waals surface area (Å²) in [5.41, 5.74) is 3.11. The number of alkyl halides is 3. The number of esters is 1. The molecule has 0 saturated carbocycles. The second-order valence-corrected chi connectivity index (χ2v) is 14.2. The number of amides is 3. The van der Waals surface area contributed by atoms with E-state index in [0.29, 0.717) is 18.5 Å². The lowest BCUT2D eigenvalue weighted by Crippen LogP contribution is -2.60. The fourth-order valence-corrected chi connectivity index (χ4v) is 4.71. The molecule has 0 unspecified atom stereocenters. The summed E-state index contributed by atoms with van der Waals surface area (Å²) in [5, 5.41) is 18.2. The number of carbonyl (C=O) groups excluding carboxylic acids is 4. The molecule has 1 aliphatic rings. The summed E-state index contributed by atoms with van der Waals surface area (Å²) >= 11 is 16.9. The normalized spacial score (nSPS) is 17.5. The van der Waals surface area contributed by atoms with Crippen molar-refractivity contribution in [3.8, 4) is 12.3 Å². The minimum absolute atomic E-state index is 0.116. The Morgan fingerprint density at radius 2 is 1.91 bits per heavy atom. The Bertz CT molecular complexity index is 1520. The number of hydrogen-bond acceptors (Lipinski definition) is 8. The number of rotatable bonds is 11. The summed E-state index contributed by atoms with van der Waals surface area (Å²) < 4.78 is 3.24. The molecule has 1 aliphatic heterocycles. The van der Waals surface area contributed by atoms with Crippen LogP contribution >= 0.6 is 34.8 Å².